The van der Waals surface area contributed by atoms with E-state index in [9.17, 15) is 4.79 Å². The van der Waals surface area contributed by atoms with Gasteiger partial charge in [0.2, 0.25) is 5.91 Å². The summed E-state index contributed by atoms with van der Waals surface area (Å²) in [5.41, 5.74) is 6.75. The predicted octanol–water partition coefficient (Wildman–Crippen LogP) is 2.68. The zero-order valence-corrected chi connectivity index (χ0v) is 16.4. The summed E-state index contributed by atoms with van der Waals surface area (Å²) < 4.78 is 5.14. The van der Waals surface area contributed by atoms with Crippen LogP contribution in [0.25, 0.3) is 0 Å². The molecule has 1 saturated heterocycles. The third-order valence-electron chi connectivity index (χ3n) is 4.54. The van der Waals surface area contributed by atoms with Gasteiger partial charge < -0.3 is 15.8 Å². The zero-order valence-electron chi connectivity index (χ0n) is 14.8. The molecule has 8 heteroatoms. The molecule has 2 heterocycles. The van der Waals surface area contributed by atoms with E-state index in [1.165, 1.54) is 16.2 Å². The Kier molecular flexibility index (Phi) is 7.68. The highest BCUT2D eigenvalue weighted by Gasteiger charge is 2.25. The van der Waals surface area contributed by atoms with E-state index in [0.29, 0.717) is 11.7 Å². The van der Waals surface area contributed by atoms with Crippen LogP contribution in [0.4, 0.5) is 5.13 Å². The molecule has 0 radical (unpaired) electrons. The molecule has 6 nitrogen and oxygen atoms in total. The van der Waals surface area contributed by atoms with Gasteiger partial charge in [-0.1, -0.05) is 12.1 Å². The number of ether oxygens (including phenoxy) is 1. The van der Waals surface area contributed by atoms with Crippen LogP contribution in [0.1, 0.15) is 23.3 Å². The number of rotatable bonds is 6. The average molecular weight is 397 g/mol. The predicted molar refractivity (Wildman–Crippen MR) is 107 cm³/mol. The minimum Gasteiger partial charge on any atom is -0.497 e. The molecular formula is C18H25ClN4O2S. The van der Waals surface area contributed by atoms with Crippen LogP contribution in [0.2, 0.25) is 0 Å². The van der Waals surface area contributed by atoms with Crippen molar-refractivity contribution in [2.45, 2.75) is 25.9 Å². The van der Waals surface area contributed by atoms with Crippen molar-refractivity contribution in [2.75, 3.05) is 25.9 Å². The Morgan fingerprint density at radius 2 is 2.04 bits per heavy atom. The minimum atomic E-state index is 0. The van der Waals surface area contributed by atoms with E-state index in [1.807, 2.05) is 30.5 Å². The quantitative estimate of drug-likeness (QED) is 0.784. The van der Waals surface area contributed by atoms with Gasteiger partial charge in [0.05, 0.1) is 7.11 Å². The summed E-state index contributed by atoms with van der Waals surface area (Å²) >= 11 is 1.53. The molecule has 1 aromatic carbocycles. The molecule has 1 amide bonds. The second-order valence-corrected chi connectivity index (χ2v) is 7.43. The number of anilines is 1. The van der Waals surface area contributed by atoms with Gasteiger partial charge in [-0.05, 0) is 43.6 Å². The number of methoxy groups -OCH3 is 1. The van der Waals surface area contributed by atoms with Crippen LogP contribution in [0.3, 0.4) is 0 Å². The molecule has 26 heavy (non-hydrogen) atoms. The maximum Gasteiger partial charge on any atom is 0.223 e. The van der Waals surface area contributed by atoms with Crippen molar-refractivity contribution in [2.24, 2.45) is 5.92 Å². The molecule has 1 aliphatic heterocycles. The van der Waals surface area contributed by atoms with E-state index >= 15 is 0 Å². The number of nitrogens with one attached hydrogen (secondary N) is 1. The standard InChI is InChI=1S/C18H24N4O2S.ClH/c1-24-15-4-2-13(3-5-15)10-20-17(23)14-6-8-22(9-7-14)12-16-11-21-18(19)25-16;/h2-5,11,14H,6-10,12H2,1H3,(H2,19,21)(H,20,23);1H. The summed E-state index contributed by atoms with van der Waals surface area (Å²) in [5.74, 6) is 1.07. The molecule has 1 fully saturated rings. The molecule has 1 aromatic heterocycles. The topological polar surface area (TPSA) is 80.5 Å². The lowest BCUT2D eigenvalue weighted by atomic mass is 9.96. The Balaban J connectivity index is 0.00000243. The average Bonchev–Trinajstić information content (AvgIpc) is 3.05. The van der Waals surface area contributed by atoms with Gasteiger partial charge in [-0.25, -0.2) is 4.98 Å². The number of piperidine rings is 1. The van der Waals surface area contributed by atoms with Crippen LogP contribution < -0.4 is 15.8 Å². The minimum absolute atomic E-state index is 0. The number of benzene rings is 1. The van der Waals surface area contributed by atoms with E-state index in [1.54, 1.807) is 7.11 Å². The van der Waals surface area contributed by atoms with Gasteiger partial charge >= 0.3 is 0 Å². The SMILES string of the molecule is COc1ccc(CNC(=O)C2CCN(Cc3cnc(N)s3)CC2)cc1.Cl. The van der Waals surface area contributed by atoms with E-state index in [4.69, 9.17) is 10.5 Å². The first-order chi connectivity index (χ1) is 12.1. The lowest BCUT2D eigenvalue weighted by Gasteiger charge is -2.30. The number of halogens is 1. The highest BCUT2D eigenvalue weighted by atomic mass is 35.5. The number of amides is 1. The molecular weight excluding hydrogens is 372 g/mol. The molecule has 142 valence electrons. The fraction of sp³-hybridized carbons (Fsp3) is 0.444. The van der Waals surface area contributed by atoms with Crippen molar-refractivity contribution in [1.82, 2.24) is 15.2 Å². The number of nitrogen functional groups attached to an aromatic ring is 1. The van der Waals surface area contributed by atoms with Gasteiger partial charge in [-0.15, -0.1) is 23.7 Å². The van der Waals surface area contributed by atoms with Gasteiger partial charge in [-0.2, -0.15) is 0 Å². The van der Waals surface area contributed by atoms with Crippen LogP contribution in [0.15, 0.2) is 30.5 Å². The van der Waals surface area contributed by atoms with Crippen molar-refractivity contribution < 1.29 is 9.53 Å². The lowest BCUT2D eigenvalue weighted by molar-refractivity contribution is -0.126. The first-order valence-electron chi connectivity index (χ1n) is 8.47. The maximum atomic E-state index is 12.4. The monoisotopic (exact) mass is 396 g/mol. The second-order valence-electron chi connectivity index (χ2n) is 6.28. The summed E-state index contributed by atoms with van der Waals surface area (Å²) in [4.78, 5) is 20.0. The van der Waals surface area contributed by atoms with Crippen molar-refractivity contribution in [3.05, 3.63) is 40.9 Å². The van der Waals surface area contributed by atoms with Gasteiger partial charge in [0, 0.05) is 30.1 Å². The largest absolute Gasteiger partial charge is 0.497 e. The van der Waals surface area contributed by atoms with Crippen molar-refractivity contribution in [3.8, 4) is 5.75 Å². The molecule has 0 saturated carbocycles. The number of nitrogens with two attached hydrogens (primary N) is 1. The van der Waals surface area contributed by atoms with E-state index in [2.05, 4.69) is 15.2 Å². The second kappa shape index (κ2) is 9.75. The number of aromatic nitrogens is 1. The Morgan fingerprint density at radius 1 is 1.35 bits per heavy atom. The first-order valence-corrected chi connectivity index (χ1v) is 9.29. The van der Waals surface area contributed by atoms with Gasteiger partial charge in [0.1, 0.15) is 5.75 Å². The van der Waals surface area contributed by atoms with Crippen LogP contribution in [-0.4, -0.2) is 36.0 Å². The molecule has 0 unspecified atom stereocenters. The number of nitrogens with zero attached hydrogens (tertiary/aromatic N) is 2. The molecule has 3 rings (SSSR count). The van der Waals surface area contributed by atoms with Crippen molar-refractivity contribution >= 4 is 34.8 Å². The number of likely N-dealkylation sites (tertiary alicyclic amines) is 1. The maximum absolute atomic E-state index is 12.4. The summed E-state index contributed by atoms with van der Waals surface area (Å²) in [7, 11) is 1.65. The summed E-state index contributed by atoms with van der Waals surface area (Å²) in [6.45, 7) is 3.29. The number of thiazole rings is 1. The van der Waals surface area contributed by atoms with E-state index in [0.717, 1.165) is 43.8 Å². The zero-order chi connectivity index (χ0) is 17.6. The Labute approximate surface area is 164 Å². The van der Waals surface area contributed by atoms with Crippen LogP contribution in [0.5, 0.6) is 5.75 Å². The number of hydrogen-bond donors (Lipinski definition) is 2. The number of carbonyl (C=O) groups is 1. The molecule has 0 bridgehead atoms. The summed E-state index contributed by atoms with van der Waals surface area (Å²) in [5, 5.41) is 3.66. The van der Waals surface area contributed by atoms with E-state index < -0.39 is 0 Å². The fourth-order valence-electron chi connectivity index (χ4n) is 3.05. The Morgan fingerprint density at radius 3 is 2.62 bits per heavy atom. The third-order valence-corrected chi connectivity index (χ3v) is 5.35. The molecule has 1 aliphatic rings. The van der Waals surface area contributed by atoms with Crippen LogP contribution in [0, 0.1) is 5.92 Å². The summed E-state index contributed by atoms with van der Waals surface area (Å²) in [6, 6.07) is 7.77. The van der Waals surface area contributed by atoms with Crippen LogP contribution >= 0.6 is 23.7 Å². The number of hydrogen-bond acceptors (Lipinski definition) is 6. The van der Waals surface area contributed by atoms with Gasteiger partial charge in [-0.3, -0.25) is 9.69 Å². The fourth-order valence-corrected chi connectivity index (χ4v) is 3.77. The molecule has 0 spiro atoms. The molecule has 0 atom stereocenters. The normalized spacial score (nSPS) is 15.3. The van der Waals surface area contributed by atoms with Gasteiger partial charge in [0.15, 0.2) is 5.13 Å². The van der Waals surface area contributed by atoms with Crippen molar-refractivity contribution in [3.63, 3.8) is 0 Å². The summed E-state index contributed by atoms with van der Waals surface area (Å²) in [6.07, 6.45) is 3.62. The van der Waals surface area contributed by atoms with Crippen molar-refractivity contribution in [1.29, 1.82) is 0 Å². The smallest absolute Gasteiger partial charge is 0.223 e. The highest BCUT2D eigenvalue weighted by Crippen LogP contribution is 2.22. The molecule has 0 aliphatic carbocycles. The molecule has 2 aromatic rings. The van der Waals surface area contributed by atoms with Gasteiger partial charge in [0.25, 0.3) is 0 Å². The number of carbonyl (C=O) groups excluding carboxylic acids is 1. The highest BCUT2D eigenvalue weighted by molar-refractivity contribution is 7.15. The van der Waals surface area contributed by atoms with Crippen LogP contribution in [-0.2, 0) is 17.9 Å². The van der Waals surface area contributed by atoms with E-state index in [-0.39, 0.29) is 24.2 Å². The third kappa shape index (κ3) is 5.59. The lowest BCUT2D eigenvalue weighted by Crippen LogP contribution is -2.39. The Bertz CT molecular complexity index is 699. The first kappa shape index (κ1) is 20.5. The Hall–Kier alpha value is -1.83. The molecule has 3 N–H and O–H groups in total.